The number of rotatable bonds is 3. The van der Waals surface area contributed by atoms with Gasteiger partial charge in [-0.2, -0.15) is 0 Å². The molecule has 0 aromatic heterocycles. The molecule has 0 bridgehead atoms. The predicted octanol–water partition coefficient (Wildman–Crippen LogP) is 1.93. The third kappa shape index (κ3) is 3.25. The number of ether oxygens (including phenoxy) is 1. The van der Waals surface area contributed by atoms with Gasteiger partial charge in [-0.15, -0.1) is 0 Å². The van der Waals surface area contributed by atoms with Crippen LogP contribution in [0.5, 0.6) is 0 Å². The maximum Gasteiger partial charge on any atom is 0.337 e. The van der Waals surface area contributed by atoms with E-state index < -0.39 is 33.3 Å². The number of hydrogen-bond acceptors (Lipinski definition) is 5. The first-order chi connectivity index (χ1) is 11.8. The van der Waals surface area contributed by atoms with Crippen molar-refractivity contribution in [2.45, 2.75) is 11.4 Å². The lowest BCUT2D eigenvalue weighted by Gasteiger charge is -2.29. The first-order valence-corrected chi connectivity index (χ1v) is 8.97. The zero-order chi connectivity index (χ0) is 18.2. The smallest absolute Gasteiger partial charge is 0.337 e. The molecule has 0 radical (unpaired) electrons. The molecule has 3 rings (SSSR count). The van der Waals surface area contributed by atoms with E-state index in [0.29, 0.717) is 5.56 Å². The first-order valence-electron chi connectivity index (χ1n) is 7.32. The molecule has 25 heavy (non-hydrogen) atoms. The number of anilines is 1. The summed E-state index contributed by atoms with van der Waals surface area (Å²) in [6.45, 7) is -0.0102. The number of fused-ring (bicyclic) bond motifs is 1. The number of carbonyl (C=O) groups is 2. The van der Waals surface area contributed by atoms with Crippen molar-refractivity contribution in [3.05, 3.63) is 59.4 Å². The fraction of sp³-hybridized carbons (Fsp3) is 0.176. The fourth-order valence-electron chi connectivity index (χ4n) is 2.68. The molecule has 2 aromatic rings. The molecule has 0 spiro atoms. The normalized spacial score (nSPS) is 15.6. The monoisotopic (exact) mass is 363 g/mol. The molecular formula is C17H14FNO5S. The van der Waals surface area contributed by atoms with Crippen LogP contribution in [-0.2, 0) is 25.9 Å². The summed E-state index contributed by atoms with van der Waals surface area (Å²) in [5.41, 5.74) is 0.709. The van der Waals surface area contributed by atoms with Gasteiger partial charge in [0.25, 0.3) is 0 Å². The third-order valence-electron chi connectivity index (χ3n) is 3.85. The Hall–Kier alpha value is -2.74. The molecule has 0 fully saturated rings. The van der Waals surface area contributed by atoms with Crippen molar-refractivity contribution in [3.8, 4) is 0 Å². The molecule has 1 amide bonds. The van der Waals surface area contributed by atoms with Gasteiger partial charge in [-0.1, -0.05) is 12.1 Å². The van der Waals surface area contributed by atoms with Crippen molar-refractivity contribution < 1.29 is 27.1 Å². The van der Waals surface area contributed by atoms with Crippen LogP contribution in [0, 0.1) is 5.82 Å². The van der Waals surface area contributed by atoms with Gasteiger partial charge in [0.05, 0.1) is 29.8 Å². The van der Waals surface area contributed by atoms with Crippen molar-refractivity contribution in [2.75, 3.05) is 17.8 Å². The minimum absolute atomic E-state index is 0.0102. The van der Waals surface area contributed by atoms with E-state index >= 15 is 0 Å². The first kappa shape index (κ1) is 17.1. The highest BCUT2D eigenvalue weighted by atomic mass is 32.2. The number of sulfone groups is 1. The van der Waals surface area contributed by atoms with Crippen molar-refractivity contribution in [2.24, 2.45) is 0 Å². The van der Waals surface area contributed by atoms with E-state index in [1.165, 1.54) is 48.4 Å². The summed E-state index contributed by atoms with van der Waals surface area (Å²) in [7, 11) is -2.59. The zero-order valence-corrected chi connectivity index (χ0v) is 14.0. The fourth-order valence-corrected chi connectivity index (χ4v) is 4.08. The lowest BCUT2D eigenvalue weighted by Crippen LogP contribution is -2.40. The molecule has 0 unspecified atom stereocenters. The minimum Gasteiger partial charge on any atom is -0.465 e. The second-order valence-corrected chi connectivity index (χ2v) is 7.50. The number of halogens is 1. The number of amides is 1. The number of methoxy groups -OCH3 is 1. The Morgan fingerprint density at radius 1 is 1.24 bits per heavy atom. The number of carbonyl (C=O) groups excluding carboxylic acids is 2. The van der Waals surface area contributed by atoms with Gasteiger partial charge in [0, 0.05) is 0 Å². The van der Waals surface area contributed by atoms with Gasteiger partial charge >= 0.3 is 5.97 Å². The maximum atomic E-state index is 13.4. The summed E-state index contributed by atoms with van der Waals surface area (Å²) in [4.78, 5) is 25.3. The van der Waals surface area contributed by atoms with Crippen LogP contribution >= 0.6 is 0 Å². The van der Waals surface area contributed by atoms with Gasteiger partial charge in [-0.25, -0.2) is 17.6 Å². The lowest BCUT2D eigenvalue weighted by atomic mass is 10.1. The highest BCUT2D eigenvalue weighted by Crippen LogP contribution is 2.33. The van der Waals surface area contributed by atoms with Crippen LogP contribution in [0.25, 0.3) is 0 Å². The van der Waals surface area contributed by atoms with E-state index in [2.05, 4.69) is 4.74 Å². The number of benzene rings is 2. The summed E-state index contributed by atoms with van der Waals surface area (Å²) >= 11 is 0. The number of hydrogen-bond donors (Lipinski definition) is 0. The predicted molar refractivity (Wildman–Crippen MR) is 87.4 cm³/mol. The Kier molecular flexibility index (Phi) is 4.30. The van der Waals surface area contributed by atoms with E-state index in [9.17, 15) is 22.4 Å². The Morgan fingerprint density at radius 3 is 2.68 bits per heavy atom. The van der Waals surface area contributed by atoms with Crippen LogP contribution in [0.3, 0.4) is 0 Å². The number of esters is 1. The molecule has 1 aliphatic heterocycles. The largest absolute Gasteiger partial charge is 0.465 e. The Labute approximate surface area is 143 Å². The average Bonchev–Trinajstić information content (AvgIpc) is 2.57. The van der Waals surface area contributed by atoms with Crippen molar-refractivity contribution >= 4 is 27.4 Å². The molecular weight excluding hydrogens is 349 g/mol. The van der Waals surface area contributed by atoms with E-state index in [4.69, 9.17) is 0 Å². The van der Waals surface area contributed by atoms with Gasteiger partial charge in [-0.05, 0) is 35.9 Å². The molecule has 2 aromatic carbocycles. The van der Waals surface area contributed by atoms with Gasteiger partial charge in [0.1, 0.15) is 11.6 Å². The van der Waals surface area contributed by atoms with Crippen LogP contribution in [0.4, 0.5) is 10.1 Å². The lowest BCUT2D eigenvalue weighted by molar-refractivity contribution is -0.116. The van der Waals surface area contributed by atoms with E-state index in [1.54, 1.807) is 6.07 Å². The second-order valence-electron chi connectivity index (χ2n) is 5.54. The molecule has 0 saturated carbocycles. The molecule has 0 aliphatic carbocycles. The molecule has 8 heteroatoms. The molecule has 0 atom stereocenters. The highest BCUT2D eigenvalue weighted by molar-refractivity contribution is 7.92. The van der Waals surface area contributed by atoms with Crippen LogP contribution < -0.4 is 4.90 Å². The van der Waals surface area contributed by atoms with Crippen LogP contribution in [0.1, 0.15) is 15.9 Å². The number of nitrogens with zero attached hydrogens (tertiary/aromatic N) is 1. The molecule has 1 heterocycles. The van der Waals surface area contributed by atoms with E-state index in [0.717, 1.165) is 0 Å². The highest BCUT2D eigenvalue weighted by Gasteiger charge is 2.35. The summed E-state index contributed by atoms with van der Waals surface area (Å²) in [6, 6.07) is 9.58. The molecule has 1 aliphatic rings. The topological polar surface area (TPSA) is 80.8 Å². The molecule has 130 valence electrons. The Bertz CT molecular complexity index is 971. The molecule has 0 N–H and O–H groups in total. The SMILES string of the molecule is COC(=O)c1ccc2c(c1)N(Cc1cccc(F)c1)C(=O)CS2(=O)=O. The van der Waals surface area contributed by atoms with E-state index in [-0.39, 0.29) is 22.7 Å². The Balaban J connectivity index is 2.10. The molecule has 6 nitrogen and oxygen atoms in total. The van der Waals surface area contributed by atoms with Crippen LogP contribution in [0.2, 0.25) is 0 Å². The average molecular weight is 363 g/mol. The van der Waals surface area contributed by atoms with Crippen LogP contribution in [-0.4, -0.2) is 33.2 Å². The van der Waals surface area contributed by atoms with Gasteiger partial charge in [0.2, 0.25) is 5.91 Å². The summed E-state index contributed by atoms with van der Waals surface area (Å²) in [5.74, 6) is -2.42. The standard InChI is InChI=1S/C17H14FNO5S/c1-24-17(21)12-5-6-15-14(8-12)19(16(20)10-25(15,22)23)9-11-3-2-4-13(18)7-11/h2-8H,9-10H2,1H3. The minimum atomic E-state index is -3.79. The van der Waals surface area contributed by atoms with Crippen molar-refractivity contribution in [3.63, 3.8) is 0 Å². The summed E-state index contributed by atoms with van der Waals surface area (Å²) < 4.78 is 42.6. The summed E-state index contributed by atoms with van der Waals surface area (Å²) in [6.07, 6.45) is 0. The van der Waals surface area contributed by atoms with Gasteiger partial charge in [0.15, 0.2) is 9.84 Å². The second kappa shape index (κ2) is 6.29. The van der Waals surface area contributed by atoms with Crippen LogP contribution in [0.15, 0.2) is 47.4 Å². The molecule has 0 saturated heterocycles. The van der Waals surface area contributed by atoms with Crippen molar-refractivity contribution in [1.82, 2.24) is 0 Å². The zero-order valence-electron chi connectivity index (χ0n) is 13.2. The maximum absolute atomic E-state index is 13.4. The Morgan fingerprint density at radius 2 is 2.00 bits per heavy atom. The van der Waals surface area contributed by atoms with Crippen molar-refractivity contribution in [1.29, 1.82) is 0 Å². The summed E-state index contributed by atoms with van der Waals surface area (Å²) in [5, 5.41) is 0. The van der Waals surface area contributed by atoms with E-state index in [1.807, 2.05) is 0 Å². The quantitative estimate of drug-likeness (QED) is 0.779. The van der Waals surface area contributed by atoms with Gasteiger partial charge < -0.3 is 9.64 Å². The van der Waals surface area contributed by atoms with Gasteiger partial charge in [-0.3, -0.25) is 4.79 Å². The third-order valence-corrected chi connectivity index (χ3v) is 5.49.